The van der Waals surface area contributed by atoms with Gasteiger partial charge in [-0.05, 0) is 38.5 Å². The molecule has 1 fully saturated rings. The summed E-state index contributed by atoms with van der Waals surface area (Å²) in [7, 11) is 1.54. The average molecular weight is 377 g/mol. The lowest BCUT2D eigenvalue weighted by Gasteiger charge is -2.25. The number of rotatable bonds is 7. The second-order valence-electron chi connectivity index (χ2n) is 7.53. The first kappa shape index (κ1) is 19.4. The molecule has 1 aliphatic rings. The highest BCUT2D eigenvalue weighted by Crippen LogP contribution is 2.30. The summed E-state index contributed by atoms with van der Waals surface area (Å²) < 4.78 is 26.8. The minimum absolute atomic E-state index is 0.0265. The van der Waals surface area contributed by atoms with Crippen molar-refractivity contribution in [2.45, 2.75) is 52.5 Å². The summed E-state index contributed by atoms with van der Waals surface area (Å²) >= 11 is 0. The molecule has 7 nitrogen and oxygen atoms in total. The van der Waals surface area contributed by atoms with Crippen molar-refractivity contribution in [3.63, 3.8) is 0 Å². The van der Waals surface area contributed by atoms with Gasteiger partial charge in [0.15, 0.2) is 0 Å². The Hall–Kier alpha value is -2.38. The molecule has 0 aliphatic heterocycles. The first-order valence-electron chi connectivity index (χ1n) is 9.51. The van der Waals surface area contributed by atoms with Gasteiger partial charge in [-0.3, -0.25) is 4.68 Å². The molecule has 148 valence electrons. The summed E-state index contributed by atoms with van der Waals surface area (Å²) in [6.45, 7) is 6.79. The predicted molar refractivity (Wildman–Crippen MR) is 101 cm³/mol. The Bertz CT molecular complexity index is 757. The van der Waals surface area contributed by atoms with Crippen LogP contribution in [0, 0.1) is 17.7 Å². The van der Waals surface area contributed by atoms with Crippen LogP contribution in [-0.4, -0.2) is 33.5 Å². The molecule has 0 saturated heterocycles. The van der Waals surface area contributed by atoms with Crippen LogP contribution in [0.2, 0.25) is 0 Å². The number of hydrogen-bond acceptors (Lipinski definition) is 6. The van der Waals surface area contributed by atoms with Gasteiger partial charge in [0.05, 0.1) is 26.1 Å². The van der Waals surface area contributed by atoms with E-state index in [2.05, 4.69) is 27.3 Å². The number of ether oxygens (including phenoxy) is 2. The van der Waals surface area contributed by atoms with E-state index in [4.69, 9.17) is 9.47 Å². The SMILES string of the molecule is COc1nn(C(C)C)cc1Nc1ncc(F)c(OCC2CCC(C)CC2)n1. The summed E-state index contributed by atoms with van der Waals surface area (Å²) in [6, 6.07) is 0.181. The Balaban J connectivity index is 1.68. The topological polar surface area (TPSA) is 74.1 Å². The lowest BCUT2D eigenvalue weighted by atomic mass is 9.83. The highest BCUT2D eigenvalue weighted by atomic mass is 19.1. The Morgan fingerprint density at radius 3 is 2.67 bits per heavy atom. The van der Waals surface area contributed by atoms with Gasteiger partial charge < -0.3 is 14.8 Å². The summed E-state index contributed by atoms with van der Waals surface area (Å²) in [5.74, 6) is 1.31. The number of hydrogen-bond donors (Lipinski definition) is 1. The molecule has 2 aromatic heterocycles. The smallest absolute Gasteiger partial charge is 0.256 e. The number of nitrogens with zero attached hydrogens (tertiary/aromatic N) is 4. The maximum atomic E-state index is 14.1. The molecule has 3 rings (SSSR count). The van der Waals surface area contributed by atoms with Crippen LogP contribution in [0.1, 0.15) is 52.5 Å². The highest BCUT2D eigenvalue weighted by Gasteiger charge is 2.20. The Kier molecular flexibility index (Phi) is 6.13. The van der Waals surface area contributed by atoms with E-state index in [-0.39, 0.29) is 17.9 Å². The van der Waals surface area contributed by atoms with Crippen molar-refractivity contribution in [1.82, 2.24) is 19.7 Å². The first-order chi connectivity index (χ1) is 13.0. The van der Waals surface area contributed by atoms with E-state index < -0.39 is 5.82 Å². The zero-order valence-corrected chi connectivity index (χ0v) is 16.4. The van der Waals surface area contributed by atoms with Crippen molar-refractivity contribution in [3.05, 3.63) is 18.2 Å². The van der Waals surface area contributed by atoms with Crippen LogP contribution in [0.3, 0.4) is 0 Å². The normalized spacial score (nSPS) is 19.9. The molecule has 0 radical (unpaired) electrons. The molecule has 0 spiro atoms. The van der Waals surface area contributed by atoms with E-state index in [0.717, 1.165) is 25.0 Å². The molecule has 0 atom stereocenters. The van der Waals surface area contributed by atoms with Gasteiger partial charge in [-0.2, -0.15) is 9.37 Å². The van der Waals surface area contributed by atoms with E-state index in [0.29, 0.717) is 24.1 Å². The van der Waals surface area contributed by atoms with Gasteiger partial charge in [0.2, 0.25) is 11.8 Å². The second-order valence-corrected chi connectivity index (χ2v) is 7.53. The van der Waals surface area contributed by atoms with E-state index >= 15 is 0 Å². The number of halogens is 1. The fraction of sp³-hybridized carbons (Fsp3) is 0.632. The van der Waals surface area contributed by atoms with E-state index in [9.17, 15) is 4.39 Å². The fourth-order valence-electron chi connectivity index (χ4n) is 3.20. The highest BCUT2D eigenvalue weighted by molar-refractivity contribution is 5.59. The van der Waals surface area contributed by atoms with Crippen LogP contribution < -0.4 is 14.8 Å². The molecule has 1 aliphatic carbocycles. The van der Waals surface area contributed by atoms with E-state index in [1.165, 1.54) is 12.8 Å². The standard InChI is InChI=1S/C19H28FN5O2/c1-12(2)25-10-16(18(24-25)26-4)22-19-21-9-15(20)17(23-19)27-11-14-7-5-13(3)6-8-14/h9-10,12-14H,5-8,11H2,1-4H3,(H,21,22,23). The molecular weight excluding hydrogens is 349 g/mol. The van der Waals surface area contributed by atoms with Gasteiger partial charge in [0.1, 0.15) is 5.69 Å². The lowest BCUT2D eigenvalue weighted by Crippen LogP contribution is -2.19. The van der Waals surface area contributed by atoms with Gasteiger partial charge in [-0.15, -0.1) is 5.10 Å². The molecule has 0 bridgehead atoms. The van der Waals surface area contributed by atoms with Crippen LogP contribution in [0.5, 0.6) is 11.8 Å². The molecule has 0 aromatic carbocycles. The zero-order chi connectivity index (χ0) is 19.4. The maximum Gasteiger partial charge on any atom is 0.256 e. The summed E-state index contributed by atoms with van der Waals surface area (Å²) in [5, 5.41) is 7.37. The molecule has 1 N–H and O–H groups in total. The molecule has 1 saturated carbocycles. The van der Waals surface area contributed by atoms with Crippen LogP contribution >= 0.6 is 0 Å². The van der Waals surface area contributed by atoms with Gasteiger partial charge in [-0.25, -0.2) is 4.98 Å². The summed E-state index contributed by atoms with van der Waals surface area (Å²) in [4.78, 5) is 8.18. The summed E-state index contributed by atoms with van der Waals surface area (Å²) in [5.41, 5.74) is 0.616. The molecule has 27 heavy (non-hydrogen) atoms. The van der Waals surface area contributed by atoms with Crippen molar-refractivity contribution in [2.75, 3.05) is 19.0 Å². The quantitative estimate of drug-likeness (QED) is 0.773. The molecule has 2 aromatic rings. The minimum atomic E-state index is -0.561. The van der Waals surface area contributed by atoms with Crippen LogP contribution in [0.4, 0.5) is 16.0 Å². The maximum absolute atomic E-state index is 14.1. The van der Waals surface area contributed by atoms with Crippen molar-refractivity contribution in [1.29, 1.82) is 0 Å². The Morgan fingerprint density at radius 1 is 1.26 bits per heavy atom. The molecule has 0 unspecified atom stereocenters. The molecular formula is C19H28FN5O2. The van der Waals surface area contributed by atoms with Gasteiger partial charge in [0.25, 0.3) is 11.8 Å². The van der Waals surface area contributed by atoms with Gasteiger partial charge >= 0.3 is 0 Å². The van der Waals surface area contributed by atoms with Crippen molar-refractivity contribution < 1.29 is 13.9 Å². The van der Waals surface area contributed by atoms with Crippen LogP contribution in [0.15, 0.2) is 12.4 Å². The summed E-state index contributed by atoms with van der Waals surface area (Å²) in [6.07, 6.45) is 7.56. The van der Waals surface area contributed by atoms with Crippen LogP contribution in [0.25, 0.3) is 0 Å². The van der Waals surface area contributed by atoms with Crippen molar-refractivity contribution in [2.24, 2.45) is 11.8 Å². The Morgan fingerprint density at radius 2 is 2.00 bits per heavy atom. The monoisotopic (exact) mass is 377 g/mol. The molecule has 8 heteroatoms. The predicted octanol–water partition coefficient (Wildman–Crippen LogP) is 4.35. The first-order valence-corrected chi connectivity index (χ1v) is 9.51. The number of aromatic nitrogens is 4. The fourth-order valence-corrected chi connectivity index (χ4v) is 3.20. The second kappa shape index (κ2) is 8.54. The average Bonchev–Trinajstić information content (AvgIpc) is 3.06. The van der Waals surface area contributed by atoms with Crippen LogP contribution in [-0.2, 0) is 0 Å². The van der Waals surface area contributed by atoms with Gasteiger partial charge in [0, 0.05) is 6.04 Å². The third-order valence-electron chi connectivity index (χ3n) is 4.97. The van der Waals surface area contributed by atoms with Crippen molar-refractivity contribution >= 4 is 11.6 Å². The third-order valence-corrected chi connectivity index (χ3v) is 4.97. The minimum Gasteiger partial charge on any atom is -0.478 e. The number of nitrogens with one attached hydrogen (secondary N) is 1. The van der Waals surface area contributed by atoms with Gasteiger partial charge in [-0.1, -0.05) is 19.8 Å². The molecule has 0 amide bonds. The number of methoxy groups -OCH3 is 1. The zero-order valence-electron chi connectivity index (χ0n) is 16.4. The van der Waals surface area contributed by atoms with E-state index in [1.807, 2.05) is 13.8 Å². The van der Waals surface area contributed by atoms with E-state index in [1.54, 1.807) is 18.0 Å². The lowest BCUT2D eigenvalue weighted by molar-refractivity contribution is 0.178. The third kappa shape index (κ3) is 4.87. The Labute approximate surface area is 159 Å². The molecule has 2 heterocycles. The number of anilines is 2. The van der Waals surface area contributed by atoms with Crippen molar-refractivity contribution in [3.8, 4) is 11.8 Å². The largest absolute Gasteiger partial charge is 0.478 e.